The predicted molar refractivity (Wildman–Crippen MR) is 130 cm³/mol. The van der Waals surface area contributed by atoms with Gasteiger partial charge in [0.25, 0.3) is 0 Å². The minimum absolute atomic E-state index is 0.0659. The van der Waals surface area contributed by atoms with Crippen LogP contribution in [0.5, 0.6) is 0 Å². The average molecular weight is 458 g/mol. The summed E-state index contributed by atoms with van der Waals surface area (Å²) in [5, 5.41) is 11.2. The Morgan fingerprint density at radius 1 is 1.00 bits per heavy atom. The van der Waals surface area contributed by atoms with Crippen molar-refractivity contribution < 1.29 is 14.3 Å². The second-order valence-corrected chi connectivity index (χ2v) is 7.88. The van der Waals surface area contributed by atoms with Gasteiger partial charge in [-0.3, -0.25) is 14.5 Å². The molecular weight excluding hydrogens is 430 g/mol. The first-order valence-electron chi connectivity index (χ1n) is 11.1. The molecule has 0 fully saturated rings. The normalized spacial score (nSPS) is 11.8. The van der Waals surface area contributed by atoms with Crippen LogP contribution in [0, 0.1) is 6.92 Å². The van der Waals surface area contributed by atoms with Crippen LogP contribution in [-0.4, -0.2) is 47.1 Å². The van der Waals surface area contributed by atoms with Gasteiger partial charge in [0.15, 0.2) is 0 Å². The van der Waals surface area contributed by atoms with Crippen LogP contribution in [0.4, 0.5) is 5.69 Å². The zero-order valence-corrected chi connectivity index (χ0v) is 19.2. The Labute approximate surface area is 198 Å². The van der Waals surface area contributed by atoms with Crippen LogP contribution in [0.3, 0.4) is 0 Å². The van der Waals surface area contributed by atoms with Gasteiger partial charge in [0, 0.05) is 19.3 Å². The van der Waals surface area contributed by atoms with Gasteiger partial charge in [0.2, 0.25) is 11.8 Å². The van der Waals surface area contributed by atoms with Gasteiger partial charge in [-0.05, 0) is 36.2 Å². The lowest BCUT2D eigenvalue weighted by molar-refractivity contribution is -0.127. The topological polar surface area (TPSA) is 89.4 Å². The smallest absolute Gasteiger partial charge is 0.249 e. The number of nitrogens with zero attached hydrogens (tertiary/aromatic N) is 4. The van der Waals surface area contributed by atoms with E-state index in [2.05, 4.69) is 15.6 Å². The van der Waals surface area contributed by atoms with E-state index in [1.54, 1.807) is 16.7 Å². The molecule has 0 radical (unpaired) electrons. The highest BCUT2D eigenvalue weighted by Crippen LogP contribution is 2.31. The molecule has 3 aromatic carbocycles. The number of nitrogens with one attached hydrogen (secondary N) is 1. The predicted octanol–water partition coefficient (Wildman–Crippen LogP) is 3.28. The molecule has 0 saturated carbocycles. The largest absolute Gasteiger partial charge is 0.383 e. The maximum Gasteiger partial charge on any atom is 0.249 e. The minimum Gasteiger partial charge on any atom is -0.383 e. The molecule has 4 aromatic rings. The van der Waals surface area contributed by atoms with Gasteiger partial charge in [0.05, 0.1) is 12.1 Å². The number of hydrogen-bond acceptors (Lipinski definition) is 5. The van der Waals surface area contributed by atoms with Crippen molar-refractivity contribution in [1.82, 2.24) is 20.3 Å². The standard InChI is InChI=1S/C26H27N5O3/c1-19-10-6-8-14-22(19)31(24(32)18-30-23-15-9-7-13-21(23)28-29-30)25(20-11-4-3-5-12-20)26(33)27-16-17-34-2/h3-15,25H,16-18H2,1-2H3,(H,27,33)/t25-/m0/s1. The van der Waals surface area contributed by atoms with Gasteiger partial charge in [-0.2, -0.15) is 0 Å². The molecule has 0 aliphatic carbocycles. The van der Waals surface area contributed by atoms with Gasteiger partial charge in [-0.1, -0.05) is 65.9 Å². The summed E-state index contributed by atoms with van der Waals surface area (Å²) in [4.78, 5) is 28.9. The zero-order valence-electron chi connectivity index (χ0n) is 19.2. The van der Waals surface area contributed by atoms with Crippen molar-refractivity contribution in [2.45, 2.75) is 19.5 Å². The summed E-state index contributed by atoms with van der Waals surface area (Å²) < 4.78 is 6.65. The Bertz CT molecular complexity index is 1270. The second-order valence-electron chi connectivity index (χ2n) is 7.88. The number of amides is 2. The first-order chi connectivity index (χ1) is 16.6. The first kappa shape index (κ1) is 23.1. The monoisotopic (exact) mass is 457 g/mol. The molecular formula is C26H27N5O3. The molecule has 1 heterocycles. The van der Waals surface area contributed by atoms with Crippen LogP contribution in [0.2, 0.25) is 0 Å². The lowest BCUT2D eigenvalue weighted by atomic mass is 10.0. The Hall–Kier alpha value is -4.04. The molecule has 0 unspecified atom stereocenters. The lowest BCUT2D eigenvalue weighted by Crippen LogP contribution is -2.46. The molecule has 8 heteroatoms. The number of benzene rings is 3. The van der Waals surface area contributed by atoms with E-state index in [1.807, 2.05) is 85.8 Å². The third-order valence-electron chi connectivity index (χ3n) is 5.58. The Kier molecular flexibility index (Phi) is 7.29. The summed E-state index contributed by atoms with van der Waals surface area (Å²) in [7, 11) is 1.58. The summed E-state index contributed by atoms with van der Waals surface area (Å²) in [5.41, 5.74) is 3.70. The molecule has 0 bridgehead atoms. The van der Waals surface area contributed by atoms with E-state index in [9.17, 15) is 9.59 Å². The molecule has 0 aliphatic rings. The molecule has 1 atom stereocenters. The highest BCUT2D eigenvalue weighted by Gasteiger charge is 2.33. The molecule has 0 aliphatic heterocycles. The number of para-hydroxylation sites is 2. The average Bonchev–Trinajstić information content (AvgIpc) is 3.26. The molecule has 8 nitrogen and oxygen atoms in total. The number of methoxy groups -OCH3 is 1. The van der Waals surface area contributed by atoms with Crippen molar-refractivity contribution in [2.75, 3.05) is 25.2 Å². The maximum absolute atomic E-state index is 13.9. The van der Waals surface area contributed by atoms with Crippen molar-refractivity contribution >= 4 is 28.5 Å². The van der Waals surface area contributed by atoms with E-state index in [-0.39, 0.29) is 18.4 Å². The van der Waals surface area contributed by atoms with E-state index >= 15 is 0 Å². The summed E-state index contributed by atoms with van der Waals surface area (Å²) in [6.45, 7) is 2.56. The zero-order chi connectivity index (χ0) is 23.9. The number of anilines is 1. The molecule has 174 valence electrons. The van der Waals surface area contributed by atoms with Crippen molar-refractivity contribution in [3.05, 3.63) is 90.0 Å². The third kappa shape index (κ3) is 4.97. The molecule has 1 aromatic heterocycles. The maximum atomic E-state index is 13.9. The first-order valence-corrected chi connectivity index (χ1v) is 11.1. The van der Waals surface area contributed by atoms with Gasteiger partial charge in [0.1, 0.15) is 18.1 Å². The number of carbonyl (C=O) groups is 2. The molecule has 34 heavy (non-hydrogen) atoms. The minimum atomic E-state index is -0.874. The Morgan fingerprint density at radius 2 is 1.71 bits per heavy atom. The van der Waals surface area contributed by atoms with E-state index in [0.29, 0.717) is 29.9 Å². The molecule has 0 saturated heterocycles. The van der Waals surface area contributed by atoms with Gasteiger partial charge in [-0.15, -0.1) is 5.10 Å². The fourth-order valence-electron chi connectivity index (χ4n) is 3.92. The highest BCUT2D eigenvalue weighted by molar-refractivity contribution is 6.02. The lowest BCUT2D eigenvalue weighted by Gasteiger charge is -2.32. The number of aromatic nitrogens is 3. The van der Waals surface area contributed by atoms with E-state index in [0.717, 1.165) is 11.1 Å². The van der Waals surface area contributed by atoms with E-state index in [1.165, 1.54) is 0 Å². The van der Waals surface area contributed by atoms with Crippen LogP contribution in [0.15, 0.2) is 78.9 Å². The van der Waals surface area contributed by atoms with Crippen molar-refractivity contribution in [3.63, 3.8) is 0 Å². The number of rotatable bonds is 9. The number of carbonyl (C=O) groups excluding carboxylic acids is 2. The van der Waals surface area contributed by atoms with Crippen molar-refractivity contribution in [3.8, 4) is 0 Å². The third-order valence-corrected chi connectivity index (χ3v) is 5.58. The quantitative estimate of drug-likeness (QED) is 0.390. The fraction of sp³-hybridized carbons (Fsp3) is 0.231. The molecule has 1 N–H and O–H groups in total. The van der Waals surface area contributed by atoms with Crippen LogP contribution < -0.4 is 10.2 Å². The summed E-state index contributed by atoms with van der Waals surface area (Å²) in [6, 6.07) is 23.4. The summed E-state index contributed by atoms with van der Waals surface area (Å²) in [5.74, 6) is -0.566. The van der Waals surface area contributed by atoms with Gasteiger partial charge in [-0.25, -0.2) is 4.68 Å². The number of hydrogen-bond donors (Lipinski definition) is 1. The van der Waals surface area contributed by atoms with Crippen LogP contribution >= 0.6 is 0 Å². The fourth-order valence-corrected chi connectivity index (χ4v) is 3.92. The van der Waals surface area contributed by atoms with Gasteiger partial charge >= 0.3 is 0 Å². The number of ether oxygens (including phenoxy) is 1. The molecule has 4 rings (SSSR count). The van der Waals surface area contributed by atoms with Crippen LogP contribution in [-0.2, 0) is 20.9 Å². The highest BCUT2D eigenvalue weighted by atomic mass is 16.5. The molecule has 2 amide bonds. The van der Waals surface area contributed by atoms with Crippen LogP contribution in [0.1, 0.15) is 17.2 Å². The SMILES string of the molecule is COCCNC(=O)[C@H](c1ccccc1)N(C(=O)Cn1nnc2ccccc21)c1ccccc1C. The second kappa shape index (κ2) is 10.7. The Morgan fingerprint density at radius 3 is 2.47 bits per heavy atom. The van der Waals surface area contributed by atoms with Crippen molar-refractivity contribution in [2.24, 2.45) is 0 Å². The van der Waals surface area contributed by atoms with Crippen LogP contribution in [0.25, 0.3) is 11.0 Å². The van der Waals surface area contributed by atoms with E-state index < -0.39 is 6.04 Å². The van der Waals surface area contributed by atoms with Gasteiger partial charge < -0.3 is 10.1 Å². The number of aryl methyl sites for hydroxylation is 1. The van der Waals surface area contributed by atoms with E-state index in [4.69, 9.17) is 4.74 Å². The Balaban J connectivity index is 1.77. The molecule has 0 spiro atoms. The number of fused-ring (bicyclic) bond motifs is 1. The summed E-state index contributed by atoms with van der Waals surface area (Å²) >= 11 is 0. The van der Waals surface area contributed by atoms with Crippen molar-refractivity contribution in [1.29, 1.82) is 0 Å². The summed E-state index contributed by atoms with van der Waals surface area (Å²) in [6.07, 6.45) is 0.